The summed E-state index contributed by atoms with van der Waals surface area (Å²) >= 11 is 6.20. The summed E-state index contributed by atoms with van der Waals surface area (Å²) in [7, 11) is 0. The zero-order chi connectivity index (χ0) is 27.1. The molecule has 1 aromatic heterocycles. The number of aromatic nitrogens is 2. The Morgan fingerprint density at radius 2 is 2.00 bits per heavy atom. The Balaban J connectivity index is 1.34. The molecule has 0 spiro atoms. The van der Waals surface area contributed by atoms with Gasteiger partial charge in [0.1, 0.15) is 23.8 Å². The second-order valence-electron chi connectivity index (χ2n) is 10.4. The van der Waals surface area contributed by atoms with Crippen LogP contribution in [0.1, 0.15) is 46.8 Å². The molecule has 3 aliphatic rings. The molecule has 0 radical (unpaired) electrons. The minimum absolute atomic E-state index is 0.0114. The Morgan fingerprint density at radius 3 is 2.71 bits per heavy atom. The number of hydrogen-bond donors (Lipinski definition) is 3. The van der Waals surface area contributed by atoms with E-state index in [4.69, 9.17) is 27.2 Å². The molecule has 5 rings (SSSR count). The van der Waals surface area contributed by atoms with E-state index in [1.165, 1.54) is 17.0 Å². The van der Waals surface area contributed by atoms with Crippen LogP contribution >= 0.6 is 11.6 Å². The lowest BCUT2D eigenvalue weighted by Gasteiger charge is -2.38. The Morgan fingerprint density at radius 1 is 1.26 bits per heavy atom. The van der Waals surface area contributed by atoms with Crippen molar-refractivity contribution in [2.45, 2.75) is 51.4 Å². The predicted octanol–water partition coefficient (Wildman–Crippen LogP) is 3.18. The van der Waals surface area contributed by atoms with Gasteiger partial charge in [0.15, 0.2) is 5.82 Å². The van der Waals surface area contributed by atoms with Gasteiger partial charge in [0.2, 0.25) is 0 Å². The quantitative estimate of drug-likeness (QED) is 0.488. The van der Waals surface area contributed by atoms with E-state index >= 15 is 4.39 Å². The van der Waals surface area contributed by atoms with Gasteiger partial charge in [0.05, 0.1) is 41.7 Å². The third kappa shape index (κ3) is 4.97. The van der Waals surface area contributed by atoms with Crippen molar-refractivity contribution in [2.75, 3.05) is 26.2 Å². The number of nitrogens with zero attached hydrogens (tertiary/aromatic N) is 3. The van der Waals surface area contributed by atoms with Crippen molar-refractivity contribution in [1.29, 1.82) is 0 Å². The van der Waals surface area contributed by atoms with E-state index in [0.29, 0.717) is 46.5 Å². The van der Waals surface area contributed by atoms with Crippen LogP contribution in [0.3, 0.4) is 0 Å². The lowest BCUT2D eigenvalue weighted by atomic mass is 9.80. The Labute approximate surface area is 225 Å². The zero-order valence-electron chi connectivity index (χ0n) is 21.4. The summed E-state index contributed by atoms with van der Waals surface area (Å²) in [4.78, 5) is 24.0. The van der Waals surface area contributed by atoms with Crippen molar-refractivity contribution in [3.63, 3.8) is 0 Å². The highest BCUT2D eigenvalue weighted by Crippen LogP contribution is 2.45. The van der Waals surface area contributed by atoms with E-state index in [1.807, 2.05) is 0 Å². The average molecular weight is 548 g/mol. The normalized spacial score (nSPS) is 26.8. The second-order valence-corrected chi connectivity index (χ2v) is 10.8. The third-order valence-corrected chi connectivity index (χ3v) is 8.47. The highest BCUT2D eigenvalue weighted by molar-refractivity contribution is 6.31. The molecule has 3 unspecified atom stereocenters. The molecule has 0 saturated heterocycles. The summed E-state index contributed by atoms with van der Waals surface area (Å²) in [5.41, 5.74) is 8.74. The zero-order valence-corrected chi connectivity index (χ0v) is 22.1. The summed E-state index contributed by atoms with van der Waals surface area (Å²) in [6.07, 6.45) is -0.0494. The molecule has 38 heavy (non-hydrogen) atoms. The number of aryl methyl sites for hydroxylation is 2. The monoisotopic (exact) mass is 547 g/mol. The molecule has 2 aromatic rings. The molecule has 2 bridgehead atoms. The average Bonchev–Trinajstić information content (AvgIpc) is 3.43. The Bertz CT molecular complexity index is 1250. The van der Waals surface area contributed by atoms with E-state index in [1.54, 1.807) is 13.8 Å². The summed E-state index contributed by atoms with van der Waals surface area (Å²) in [6.45, 7) is 4.26. The van der Waals surface area contributed by atoms with Crippen molar-refractivity contribution in [2.24, 2.45) is 17.6 Å². The van der Waals surface area contributed by atoms with Crippen LogP contribution in [0.4, 0.5) is 8.78 Å². The number of ether oxygens (including phenoxy) is 1. The molecule has 2 fully saturated rings. The van der Waals surface area contributed by atoms with E-state index in [-0.39, 0.29) is 48.9 Å². The summed E-state index contributed by atoms with van der Waals surface area (Å²) in [6, 6.07) is 3.67. The summed E-state index contributed by atoms with van der Waals surface area (Å²) in [5, 5.41) is 12.9. The number of amides is 1. The van der Waals surface area contributed by atoms with Gasteiger partial charge in [0.25, 0.3) is 5.91 Å². The number of rotatable bonds is 7. The predicted molar refractivity (Wildman–Crippen MR) is 139 cm³/mol. The molecule has 11 heteroatoms. The van der Waals surface area contributed by atoms with Crippen LogP contribution in [-0.2, 0) is 0 Å². The third-order valence-electron chi connectivity index (χ3n) is 7.92. The molecule has 5 atom stereocenters. The number of nitrogens with two attached hydrogens (primary N) is 1. The van der Waals surface area contributed by atoms with Gasteiger partial charge < -0.3 is 25.8 Å². The van der Waals surface area contributed by atoms with E-state index in [2.05, 4.69) is 15.3 Å². The first-order valence-corrected chi connectivity index (χ1v) is 13.3. The Kier molecular flexibility index (Phi) is 7.57. The lowest BCUT2D eigenvalue weighted by molar-refractivity contribution is 0.00603. The fraction of sp³-hybridized carbons (Fsp3) is 0.519. The highest BCUT2D eigenvalue weighted by Gasteiger charge is 2.50. The van der Waals surface area contributed by atoms with Gasteiger partial charge in [-0.15, -0.1) is 0 Å². The summed E-state index contributed by atoms with van der Waals surface area (Å²) in [5.74, 6) is -0.618. The van der Waals surface area contributed by atoms with Crippen molar-refractivity contribution in [1.82, 2.24) is 20.2 Å². The van der Waals surface area contributed by atoms with Gasteiger partial charge in [-0.25, -0.2) is 18.7 Å². The van der Waals surface area contributed by atoms with Gasteiger partial charge in [-0.2, -0.15) is 0 Å². The molecule has 2 saturated carbocycles. The lowest BCUT2D eigenvalue weighted by Crippen LogP contribution is -2.52. The molecule has 1 amide bonds. The van der Waals surface area contributed by atoms with Gasteiger partial charge in [0, 0.05) is 35.8 Å². The Hall–Kier alpha value is -2.82. The smallest absolute Gasteiger partial charge is 0.258 e. The molecule has 1 aliphatic heterocycles. The molecule has 8 nitrogen and oxygen atoms in total. The first-order chi connectivity index (χ1) is 18.2. The molecule has 1 aromatic carbocycles. The molecule has 4 N–H and O–H groups in total. The van der Waals surface area contributed by atoms with Crippen molar-refractivity contribution in [3.8, 4) is 5.75 Å². The number of alkyl halides is 1. The molecule has 2 aliphatic carbocycles. The molecular weight excluding hydrogens is 516 g/mol. The van der Waals surface area contributed by atoms with Crippen LogP contribution in [0.2, 0.25) is 5.02 Å². The number of aliphatic hydroxyl groups is 1. The number of fused-ring (bicyclic) bond motifs is 2. The van der Waals surface area contributed by atoms with E-state index in [9.17, 15) is 9.18 Å². The van der Waals surface area contributed by atoms with Crippen LogP contribution in [0, 0.1) is 31.5 Å². The minimum atomic E-state index is -1.28. The van der Waals surface area contributed by atoms with Gasteiger partial charge in [-0.1, -0.05) is 11.6 Å². The van der Waals surface area contributed by atoms with E-state index < -0.39 is 24.0 Å². The summed E-state index contributed by atoms with van der Waals surface area (Å²) < 4.78 is 35.9. The van der Waals surface area contributed by atoms with Gasteiger partial charge >= 0.3 is 0 Å². The highest BCUT2D eigenvalue weighted by atomic mass is 35.5. The SMILES string of the molecule is Cc1nc(C2=C(N)CN(C(=O)c3ccc(F)cc3O[C@H]3CC4CC[C@H](C4NCCO)C3F)C2)nc(C)c1Cl. The maximum Gasteiger partial charge on any atom is 0.258 e. The second kappa shape index (κ2) is 10.7. The largest absolute Gasteiger partial charge is 0.486 e. The number of nitrogens with one attached hydrogen (secondary N) is 1. The number of benzene rings is 1. The minimum Gasteiger partial charge on any atom is -0.486 e. The first-order valence-electron chi connectivity index (χ1n) is 12.9. The van der Waals surface area contributed by atoms with Crippen LogP contribution < -0.4 is 15.8 Å². The molecular formula is C27H32ClF2N5O3. The van der Waals surface area contributed by atoms with Crippen LogP contribution in [0.5, 0.6) is 5.75 Å². The van der Waals surface area contributed by atoms with Crippen LogP contribution in [-0.4, -0.2) is 70.4 Å². The number of carbonyl (C=O) groups excluding carboxylic acids is 1. The first kappa shape index (κ1) is 26.8. The number of halogens is 3. The van der Waals surface area contributed by atoms with Gasteiger partial charge in [-0.3, -0.25) is 4.79 Å². The standard InChI is InChI=1S/C27H32ClF2N5O3/c1-13-23(28)14(2)34-26(33-13)19-11-35(12-20(19)31)27(37)17-6-4-16(29)10-21(17)38-22-9-15-3-5-18(24(22)30)25(15)32-7-8-36/h4,6,10,15,18,22,24-25,32,36H,3,5,7-9,11-12,31H2,1-2H3/t15?,18-,22-,24?,25?/m0/s1. The maximum atomic E-state index is 15.6. The number of hydrogen-bond acceptors (Lipinski definition) is 7. The molecule has 204 valence electrons. The van der Waals surface area contributed by atoms with Crippen LogP contribution in [0.25, 0.3) is 5.57 Å². The molecule has 2 heterocycles. The van der Waals surface area contributed by atoms with E-state index in [0.717, 1.165) is 18.9 Å². The fourth-order valence-corrected chi connectivity index (χ4v) is 6.14. The number of carbonyl (C=O) groups is 1. The van der Waals surface area contributed by atoms with Crippen molar-refractivity contribution >= 4 is 23.1 Å². The van der Waals surface area contributed by atoms with Crippen LogP contribution in [0.15, 0.2) is 23.9 Å². The number of aliphatic hydroxyl groups excluding tert-OH is 1. The maximum absolute atomic E-state index is 15.6. The van der Waals surface area contributed by atoms with Gasteiger partial charge in [-0.05, 0) is 51.2 Å². The fourth-order valence-electron chi connectivity index (χ4n) is 6.05. The van der Waals surface area contributed by atoms with Crippen molar-refractivity contribution in [3.05, 3.63) is 57.5 Å². The topological polar surface area (TPSA) is 114 Å². The van der Waals surface area contributed by atoms with Crippen molar-refractivity contribution < 1.29 is 23.4 Å².